The van der Waals surface area contributed by atoms with Crippen molar-refractivity contribution in [3.63, 3.8) is 0 Å². The Kier molecular flexibility index (Phi) is 12.7. The maximum atomic E-state index is 12.7. The Morgan fingerprint density at radius 3 is 1.76 bits per heavy atom. The maximum absolute atomic E-state index is 12.7. The number of rotatable bonds is 15. The Morgan fingerprint density at radius 2 is 1.33 bits per heavy atom. The van der Waals surface area contributed by atoms with Gasteiger partial charge in [0.1, 0.15) is 18.1 Å². The molecule has 5 unspecified atom stereocenters. The molecular weight excluding hydrogens is 440 g/mol. The van der Waals surface area contributed by atoms with Gasteiger partial charge in [0.15, 0.2) is 0 Å². The Labute approximate surface area is 191 Å². The summed E-state index contributed by atoms with van der Waals surface area (Å²) in [5.41, 5.74) is 5.83. The predicted molar refractivity (Wildman–Crippen MR) is 115 cm³/mol. The van der Waals surface area contributed by atoms with Crippen LogP contribution < -0.4 is 21.7 Å². The van der Waals surface area contributed by atoms with Gasteiger partial charge in [0.25, 0.3) is 0 Å². The Balaban J connectivity index is 5.48. The fraction of sp³-hybridized carbons (Fsp3) is 0.700. The van der Waals surface area contributed by atoms with Gasteiger partial charge in [-0.05, 0) is 18.3 Å². The van der Waals surface area contributed by atoms with Crippen LogP contribution in [-0.4, -0.2) is 75.1 Å². The summed E-state index contributed by atoms with van der Waals surface area (Å²) in [6.45, 7) is 6.65. The summed E-state index contributed by atoms with van der Waals surface area (Å²) in [6.07, 6.45) is -1.07. The highest BCUT2D eigenvalue weighted by Crippen LogP contribution is 2.08. The number of nitrogens with two attached hydrogens (primary N) is 1. The number of carbonyl (C=O) groups is 6. The third kappa shape index (κ3) is 10.8. The first-order valence-electron chi connectivity index (χ1n) is 10.5. The number of hydrogen-bond acceptors (Lipinski definition) is 7. The fourth-order valence-electron chi connectivity index (χ4n) is 2.74. The number of hydrogen-bond donors (Lipinski definition) is 7. The van der Waals surface area contributed by atoms with Crippen molar-refractivity contribution < 1.29 is 44.1 Å². The van der Waals surface area contributed by atoms with E-state index in [1.54, 1.807) is 20.8 Å². The topological polar surface area (TPSA) is 225 Å². The monoisotopic (exact) mass is 474 g/mol. The number of carboxylic acids is 3. The third-order valence-electron chi connectivity index (χ3n) is 5.08. The molecule has 33 heavy (non-hydrogen) atoms. The zero-order chi connectivity index (χ0) is 25.9. The Hall–Kier alpha value is -3.22. The van der Waals surface area contributed by atoms with Crippen LogP contribution in [-0.2, 0) is 28.8 Å². The lowest BCUT2D eigenvalue weighted by molar-refractivity contribution is -0.144. The number of nitrogens with one attached hydrogen (secondary N) is 3. The van der Waals surface area contributed by atoms with Crippen LogP contribution in [0.25, 0.3) is 0 Å². The molecule has 0 aromatic rings. The van der Waals surface area contributed by atoms with Gasteiger partial charge in [-0.3, -0.25) is 24.0 Å². The molecule has 0 saturated carbocycles. The van der Waals surface area contributed by atoms with Crippen molar-refractivity contribution in [1.82, 2.24) is 16.0 Å². The van der Waals surface area contributed by atoms with Gasteiger partial charge < -0.3 is 37.0 Å². The van der Waals surface area contributed by atoms with Crippen molar-refractivity contribution in [2.24, 2.45) is 17.6 Å². The molecule has 0 saturated heterocycles. The first kappa shape index (κ1) is 29.8. The van der Waals surface area contributed by atoms with Gasteiger partial charge in [0.2, 0.25) is 17.7 Å². The summed E-state index contributed by atoms with van der Waals surface area (Å²) >= 11 is 0. The van der Waals surface area contributed by atoms with Gasteiger partial charge in [-0.1, -0.05) is 34.1 Å². The van der Waals surface area contributed by atoms with E-state index in [4.69, 9.17) is 15.9 Å². The summed E-state index contributed by atoms with van der Waals surface area (Å²) in [7, 11) is 0. The van der Waals surface area contributed by atoms with Crippen molar-refractivity contribution >= 4 is 35.6 Å². The average molecular weight is 475 g/mol. The van der Waals surface area contributed by atoms with Crippen molar-refractivity contribution in [2.75, 3.05) is 0 Å². The van der Waals surface area contributed by atoms with E-state index in [2.05, 4.69) is 16.0 Å². The van der Waals surface area contributed by atoms with Crippen LogP contribution in [0.1, 0.15) is 53.4 Å². The zero-order valence-electron chi connectivity index (χ0n) is 19.2. The third-order valence-corrected chi connectivity index (χ3v) is 5.08. The van der Waals surface area contributed by atoms with Gasteiger partial charge in [-0.25, -0.2) is 4.79 Å². The number of carbonyl (C=O) groups excluding carboxylic acids is 3. The Bertz CT molecular complexity index is 741. The lowest BCUT2D eigenvalue weighted by Gasteiger charge is -2.27. The van der Waals surface area contributed by atoms with Gasteiger partial charge in [0.05, 0.1) is 12.5 Å². The van der Waals surface area contributed by atoms with Crippen molar-refractivity contribution in [2.45, 2.75) is 77.5 Å². The largest absolute Gasteiger partial charge is 0.481 e. The second-order valence-corrected chi connectivity index (χ2v) is 8.13. The van der Waals surface area contributed by atoms with E-state index in [0.717, 1.165) is 0 Å². The predicted octanol–water partition coefficient (Wildman–Crippen LogP) is -1.11. The molecule has 3 amide bonds. The van der Waals surface area contributed by atoms with Crippen molar-refractivity contribution in [3.05, 3.63) is 0 Å². The smallest absolute Gasteiger partial charge is 0.326 e. The van der Waals surface area contributed by atoms with Gasteiger partial charge in [-0.15, -0.1) is 0 Å². The minimum Gasteiger partial charge on any atom is -0.481 e. The SMILES string of the molecule is CCC(C)C(N)C(=O)NC(CC(=O)O)C(=O)NC(C(=O)NC(CCC(=O)O)C(=O)O)C(C)C. The van der Waals surface area contributed by atoms with Crippen LogP contribution in [0, 0.1) is 11.8 Å². The molecule has 0 fully saturated rings. The molecule has 0 aromatic carbocycles. The molecule has 0 rings (SSSR count). The summed E-state index contributed by atoms with van der Waals surface area (Å²) in [5, 5.41) is 33.9. The highest BCUT2D eigenvalue weighted by molar-refractivity contribution is 5.95. The molecule has 0 aromatic heterocycles. The van der Waals surface area contributed by atoms with E-state index in [-0.39, 0.29) is 12.3 Å². The minimum atomic E-state index is -1.53. The first-order valence-corrected chi connectivity index (χ1v) is 10.5. The second-order valence-electron chi connectivity index (χ2n) is 8.13. The molecular formula is C20H34N4O9. The van der Waals surface area contributed by atoms with Gasteiger partial charge in [-0.2, -0.15) is 0 Å². The lowest BCUT2D eigenvalue weighted by Crippen LogP contribution is -2.59. The van der Waals surface area contributed by atoms with Crippen LogP contribution in [0.4, 0.5) is 0 Å². The molecule has 8 N–H and O–H groups in total. The van der Waals surface area contributed by atoms with E-state index in [0.29, 0.717) is 6.42 Å². The summed E-state index contributed by atoms with van der Waals surface area (Å²) in [5.74, 6) is -7.44. The molecule has 0 aliphatic rings. The van der Waals surface area contributed by atoms with Crippen LogP contribution in [0.2, 0.25) is 0 Å². The fourth-order valence-corrected chi connectivity index (χ4v) is 2.74. The highest BCUT2D eigenvalue weighted by Gasteiger charge is 2.33. The van der Waals surface area contributed by atoms with Crippen molar-refractivity contribution in [3.8, 4) is 0 Å². The van der Waals surface area contributed by atoms with E-state index >= 15 is 0 Å². The molecule has 0 aliphatic heterocycles. The first-order chi connectivity index (χ1) is 15.2. The molecule has 0 radical (unpaired) electrons. The van der Waals surface area contributed by atoms with E-state index < -0.39 is 78.6 Å². The van der Waals surface area contributed by atoms with Gasteiger partial charge in [0, 0.05) is 6.42 Å². The minimum absolute atomic E-state index is 0.230. The zero-order valence-corrected chi connectivity index (χ0v) is 19.2. The van der Waals surface area contributed by atoms with E-state index in [9.17, 15) is 33.9 Å². The molecule has 0 spiro atoms. The van der Waals surface area contributed by atoms with Crippen LogP contribution in [0.3, 0.4) is 0 Å². The molecule has 0 bridgehead atoms. The molecule has 13 heteroatoms. The molecule has 188 valence electrons. The average Bonchev–Trinajstić information content (AvgIpc) is 2.71. The quantitative estimate of drug-likeness (QED) is 0.151. The molecule has 13 nitrogen and oxygen atoms in total. The Morgan fingerprint density at radius 1 is 0.788 bits per heavy atom. The highest BCUT2D eigenvalue weighted by atomic mass is 16.4. The maximum Gasteiger partial charge on any atom is 0.326 e. The standard InChI is InChI=1S/C20H34N4O9/c1-5-10(4)15(21)18(30)23-12(8-14(27)28)17(29)24-16(9(2)3)19(31)22-11(20(32)33)6-7-13(25)26/h9-12,15-16H,5-8,21H2,1-4H3,(H,22,31)(H,23,30)(H,24,29)(H,25,26)(H,27,28)(H,32,33). The van der Waals surface area contributed by atoms with Crippen LogP contribution in [0.15, 0.2) is 0 Å². The van der Waals surface area contributed by atoms with Gasteiger partial charge >= 0.3 is 17.9 Å². The van der Waals surface area contributed by atoms with Crippen LogP contribution >= 0.6 is 0 Å². The molecule has 5 atom stereocenters. The second kappa shape index (κ2) is 14.0. The van der Waals surface area contributed by atoms with Crippen LogP contribution in [0.5, 0.6) is 0 Å². The number of carboxylic acid groups (broad SMARTS) is 3. The summed E-state index contributed by atoms with van der Waals surface area (Å²) in [4.78, 5) is 70.9. The van der Waals surface area contributed by atoms with E-state index in [1.165, 1.54) is 0 Å². The summed E-state index contributed by atoms with van der Waals surface area (Å²) in [6, 6.07) is -5.29. The molecule has 0 aliphatic carbocycles. The number of amides is 3. The summed E-state index contributed by atoms with van der Waals surface area (Å²) < 4.78 is 0. The van der Waals surface area contributed by atoms with Crippen molar-refractivity contribution in [1.29, 1.82) is 0 Å². The molecule has 0 heterocycles. The lowest BCUT2D eigenvalue weighted by atomic mass is 9.98. The van der Waals surface area contributed by atoms with E-state index in [1.807, 2.05) is 6.92 Å². The normalized spacial score (nSPS) is 15.5. The number of aliphatic carboxylic acids is 3.